The molecule has 3 atom stereocenters. The first kappa shape index (κ1) is 26.2. The second kappa shape index (κ2) is 9.67. The summed E-state index contributed by atoms with van der Waals surface area (Å²) in [6.07, 6.45) is 5.51. The predicted octanol–water partition coefficient (Wildman–Crippen LogP) is 5.39. The van der Waals surface area contributed by atoms with Crippen LogP contribution in [-0.4, -0.2) is 31.2 Å². The van der Waals surface area contributed by atoms with E-state index in [1.165, 1.54) is 12.1 Å². The van der Waals surface area contributed by atoms with E-state index in [2.05, 4.69) is 0 Å². The zero-order valence-corrected chi connectivity index (χ0v) is 20.7. The second-order valence-electron chi connectivity index (χ2n) is 8.81. The van der Waals surface area contributed by atoms with Gasteiger partial charge in [-0.2, -0.15) is 4.89 Å². The summed E-state index contributed by atoms with van der Waals surface area (Å²) in [4.78, 5) is 27.1. The Kier molecular flexibility index (Phi) is 7.23. The maximum absolute atomic E-state index is 14.1. The number of hydrogen-bond donors (Lipinski definition) is 3. The molecule has 3 aromatic rings. The fourth-order valence-electron chi connectivity index (χ4n) is 4.21. The normalized spacial score (nSPS) is 15.1. The third kappa shape index (κ3) is 4.37. The monoisotopic (exact) mass is 494 g/mol. The zero-order valence-electron chi connectivity index (χ0n) is 19.8. The second-order valence-corrected chi connectivity index (χ2v) is 10.0. The van der Waals surface area contributed by atoms with E-state index in [0.717, 1.165) is 12.5 Å². The molecule has 180 valence electrons. The summed E-state index contributed by atoms with van der Waals surface area (Å²) in [5.74, 6) is -0.714. The summed E-state index contributed by atoms with van der Waals surface area (Å²) in [5, 5.41) is 18.9. The molecule has 0 aliphatic carbocycles. The maximum atomic E-state index is 14.1. The fraction of sp³-hybridized carbons (Fsp3) is 0.259. The number of terminal acetylenes is 1. The van der Waals surface area contributed by atoms with Gasteiger partial charge in [0.15, 0.2) is 5.60 Å². The highest BCUT2D eigenvalue weighted by atomic mass is 31.1. The number of aliphatic hydroxyl groups is 1. The molecule has 3 rings (SSSR count). The van der Waals surface area contributed by atoms with E-state index in [-0.39, 0.29) is 11.5 Å². The minimum atomic E-state index is -3.60. The van der Waals surface area contributed by atoms with Gasteiger partial charge in [-0.15, -0.1) is 6.42 Å². The first-order chi connectivity index (χ1) is 16.4. The lowest BCUT2D eigenvalue weighted by Gasteiger charge is -2.34. The van der Waals surface area contributed by atoms with E-state index in [0.29, 0.717) is 28.1 Å². The Morgan fingerprint density at radius 3 is 2.26 bits per heavy atom. The van der Waals surface area contributed by atoms with Crippen LogP contribution in [0.1, 0.15) is 43.5 Å². The van der Waals surface area contributed by atoms with Crippen molar-refractivity contribution in [2.75, 3.05) is 0 Å². The topological polar surface area (TPSA) is 108 Å². The highest BCUT2D eigenvalue weighted by Gasteiger charge is 2.70. The molecule has 3 N–H and O–H groups in total. The number of aromatic nitrogens is 1. The van der Waals surface area contributed by atoms with Crippen molar-refractivity contribution in [3.05, 3.63) is 77.2 Å². The van der Waals surface area contributed by atoms with Crippen molar-refractivity contribution >= 4 is 14.0 Å². The molecule has 35 heavy (non-hydrogen) atoms. The highest BCUT2D eigenvalue weighted by Crippen LogP contribution is 2.52. The molecule has 1 heterocycles. The van der Waals surface area contributed by atoms with E-state index in [9.17, 15) is 28.9 Å². The zero-order chi connectivity index (χ0) is 26.1. The number of hydrogen-bond acceptors (Lipinski definition) is 4. The summed E-state index contributed by atoms with van der Waals surface area (Å²) >= 11 is 0. The van der Waals surface area contributed by atoms with Gasteiger partial charge in [0.05, 0.1) is 11.4 Å². The van der Waals surface area contributed by atoms with Gasteiger partial charge < -0.3 is 10.2 Å². The first-order valence-corrected chi connectivity index (χ1v) is 12.1. The largest absolute Gasteiger partial charge is 0.541 e. The SMILES string of the molecule is C#CC(C(=O)O)([P+](=O)O)C(C)(O)c1c(-c2ccc(F)c(C)c2)cc(-c2ccccc2)nc1C(C)C. The quantitative estimate of drug-likeness (QED) is 0.301. The van der Waals surface area contributed by atoms with Gasteiger partial charge in [-0.25, -0.2) is 9.18 Å². The van der Waals surface area contributed by atoms with Gasteiger partial charge in [-0.3, -0.25) is 4.98 Å². The lowest BCUT2D eigenvalue weighted by atomic mass is 9.76. The molecule has 2 aromatic carbocycles. The van der Waals surface area contributed by atoms with Crippen molar-refractivity contribution in [2.24, 2.45) is 0 Å². The predicted molar refractivity (Wildman–Crippen MR) is 132 cm³/mol. The van der Waals surface area contributed by atoms with Gasteiger partial charge in [0.2, 0.25) is 0 Å². The van der Waals surface area contributed by atoms with E-state index in [4.69, 9.17) is 11.4 Å². The van der Waals surface area contributed by atoms with Crippen LogP contribution in [0.3, 0.4) is 0 Å². The molecule has 1 aromatic heterocycles. The molecule has 0 bridgehead atoms. The van der Waals surface area contributed by atoms with Crippen molar-refractivity contribution in [3.8, 4) is 34.7 Å². The molecule has 0 saturated heterocycles. The molecule has 0 spiro atoms. The molecule has 0 amide bonds. The molecule has 0 saturated carbocycles. The number of carbonyl (C=O) groups is 1. The van der Waals surface area contributed by atoms with Crippen LogP contribution >= 0.6 is 8.03 Å². The number of carboxylic acids is 1. The molecule has 0 aliphatic heterocycles. The van der Waals surface area contributed by atoms with Crippen LogP contribution in [0.4, 0.5) is 4.39 Å². The van der Waals surface area contributed by atoms with Gasteiger partial charge >= 0.3 is 19.2 Å². The van der Waals surface area contributed by atoms with E-state index in [1.54, 1.807) is 32.9 Å². The highest BCUT2D eigenvalue weighted by molar-refractivity contribution is 7.42. The van der Waals surface area contributed by atoms with E-state index in [1.807, 2.05) is 36.3 Å². The van der Waals surface area contributed by atoms with Gasteiger partial charge in [0.1, 0.15) is 5.82 Å². The molecular formula is C27H26FNO5P+. The smallest absolute Gasteiger partial charge is 0.477 e. The average Bonchev–Trinajstić information content (AvgIpc) is 2.80. The van der Waals surface area contributed by atoms with Crippen LogP contribution in [0.25, 0.3) is 22.4 Å². The Labute approximate surface area is 204 Å². The van der Waals surface area contributed by atoms with Crippen LogP contribution < -0.4 is 0 Å². The Hall–Kier alpha value is -3.43. The van der Waals surface area contributed by atoms with E-state index >= 15 is 0 Å². The number of benzene rings is 2. The molecule has 0 radical (unpaired) electrons. The third-order valence-electron chi connectivity index (χ3n) is 6.13. The number of nitrogens with zero attached hydrogens (tertiary/aromatic N) is 1. The van der Waals surface area contributed by atoms with Crippen LogP contribution in [0.15, 0.2) is 54.6 Å². The Morgan fingerprint density at radius 1 is 1.14 bits per heavy atom. The molecule has 0 aliphatic rings. The van der Waals surface area contributed by atoms with Gasteiger partial charge in [0, 0.05) is 11.1 Å². The summed E-state index contributed by atoms with van der Waals surface area (Å²) in [5.41, 5.74) is 0.165. The Bertz CT molecular complexity index is 1330. The summed E-state index contributed by atoms with van der Waals surface area (Å²) in [6.45, 7) is 6.28. The Balaban J connectivity index is 2.54. The first-order valence-electron chi connectivity index (χ1n) is 10.9. The molecule has 3 unspecified atom stereocenters. The van der Waals surface area contributed by atoms with Crippen LogP contribution in [-0.2, 0) is 15.0 Å². The van der Waals surface area contributed by atoms with Gasteiger partial charge in [0.25, 0.3) is 0 Å². The number of aliphatic carboxylic acids is 1. The third-order valence-corrected chi connectivity index (χ3v) is 7.46. The van der Waals surface area contributed by atoms with E-state index < -0.39 is 30.6 Å². The van der Waals surface area contributed by atoms with Crippen molar-refractivity contribution in [3.63, 3.8) is 0 Å². The van der Waals surface area contributed by atoms with Crippen molar-refractivity contribution in [2.45, 2.75) is 44.4 Å². The standard InChI is InChI=1S/C27H25FNO5P/c1-6-27(25(30)31,35(33)34)26(5,32)23-20(19-12-13-21(28)17(4)14-19)15-22(29-24(23)16(2)3)18-10-8-7-9-11-18/h1,7-16,32H,2-5H3,(H-,30,31,33,34)/p+1. The minimum Gasteiger partial charge on any atom is -0.477 e. The molecule has 8 heteroatoms. The number of aryl methyl sites for hydroxylation is 1. The summed E-state index contributed by atoms with van der Waals surface area (Å²) in [6, 6.07) is 15.2. The van der Waals surface area contributed by atoms with Crippen molar-refractivity contribution < 1.29 is 28.9 Å². The van der Waals surface area contributed by atoms with Gasteiger partial charge in [-0.05, 0) is 65.1 Å². The summed E-state index contributed by atoms with van der Waals surface area (Å²) < 4.78 is 26.5. The number of carboxylic acid groups (broad SMARTS) is 1. The van der Waals surface area contributed by atoms with Crippen LogP contribution in [0, 0.1) is 25.1 Å². The lowest BCUT2D eigenvalue weighted by Crippen LogP contribution is -2.53. The van der Waals surface area contributed by atoms with Gasteiger partial charge in [-0.1, -0.05) is 50.2 Å². The maximum Gasteiger partial charge on any atom is 0.541 e. The number of halogens is 1. The lowest BCUT2D eigenvalue weighted by molar-refractivity contribution is -0.145. The minimum absolute atomic E-state index is 0.00376. The summed E-state index contributed by atoms with van der Waals surface area (Å²) in [7, 11) is -3.60. The van der Waals surface area contributed by atoms with Crippen molar-refractivity contribution in [1.29, 1.82) is 0 Å². The van der Waals surface area contributed by atoms with Crippen molar-refractivity contribution in [1.82, 2.24) is 4.98 Å². The number of rotatable bonds is 7. The number of pyridine rings is 1. The molecule has 0 fully saturated rings. The van der Waals surface area contributed by atoms with Crippen LogP contribution in [0.5, 0.6) is 0 Å². The molecule has 6 nitrogen and oxygen atoms in total. The van der Waals surface area contributed by atoms with Crippen LogP contribution in [0.2, 0.25) is 0 Å². The Morgan fingerprint density at radius 2 is 1.77 bits per heavy atom. The average molecular weight is 494 g/mol. The molecular weight excluding hydrogens is 468 g/mol. The fourth-order valence-corrected chi connectivity index (χ4v) is 4.96.